The fourth-order valence-electron chi connectivity index (χ4n) is 1.40. The van der Waals surface area contributed by atoms with Gasteiger partial charge in [-0.25, -0.2) is 9.18 Å². The topological polar surface area (TPSA) is 37.3 Å². The van der Waals surface area contributed by atoms with Gasteiger partial charge in [0.05, 0.1) is 15.2 Å². The first kappa shape index (κ1) is 10.4. The highest BCUT2D eigenvalue weighted by Gasteiger charge is 2.17. The monoisotopic (exact) mass is 242 g/mol. The van der Waals surface area contributed by atoms with Crippen molar-refractivity contribution < 1.29 is 14.3 Å². The molecule has 0 aliphatic carbocycles. The highest BCUT2D eigenvalue weighted by atomic mass is 32.2. The fraction of sp³-hybridized carbons (Fsp3) is 0.100. The maximum atomic E-state index is 13.7. The van der Waals surface area contributed by atoms with Gasteiger partial charge in [0.1, 0.15) is 0 Å². The maximum absolute atomic E-state index is 13.7. The Balaban J connectivity index is 2.85. The maximum Gasteiger partial charge on any atom is 0.338 e. The van der Waals surface area contributed by atoms with E-state index in [2.05, 4.69) is 0 Å². The van der Waals surface area contributed by atoms with E-state index in [0.29, 0.717) is 4.90 Å². The van der Waals surface area contributed by atoms with Crippen molar-refractivity contribution >= 4 is 39.2 Å². The van der Waals surface area contributed by atoms with Crippen molar-refractivity contribution in [2.75, 3.05) is 6.26 Å². The molecule has 5 heteroatoms. The minimum atomic E-state index is -1.23. The first-order valence-corrected chi connectivity index (χ1v) is 6.22. The van der Waals surface area contributed by atoms with Crippen molar-refractivity contribution in [3.05, 3.63) is 28.9 Å². The Morgan fingerprint density at radius 3 is 2.93 bits per heavy atom. The van der Waals surface area contributed by atoms with Crippen molar-refractivity contribution in [1.82, 2.24) is 0 Å². The lowest BCUT2D eigenvalue weighted by atomic mass is 10.1. The van der Waals surface area contributed by atoms with Crippen LogP contribution in [0.25, 0.3) is 10.1 Å². The van der Waals surface area contributed by atoms with Gasteiger partial charge in [-0.1, -0.05) is 0 Å². The van der Waals surface area contributed by atoms with Crippen LogP contribution in [0.15, 0.2) is 22.4 Å². The normalized spacial score (nSPS) is 10.8. The minimum Gasteiger partial charge on any atom is -0.478 e. The molecule has 0 bridgehead atoms. The van der Waals surface area contributed by atoms with Crippen LogP contribution < -0.4 is 0 Å². The van der Waals surface area contributed by atoms with Gasteiger partial charge in [0.25, 0.3) is 0 Å². The number of hydrogen-bond acceptors (Lipinski definition) is 3. The average molecular weight is 242 g/mol. The van der Waals surface area contributed by atoms with Crippen molar-refractivity contribution in [3.8, 4) is 0 Å². The van der Waals surface area contributed by atoms with Crippen LogP contribution in [0, 0.1) is 5.82 Å². The Hall–Kier alpha value is -1.07. The summed E-state index contributed by atoms with van der Waals surface area (Å²) in [7, 11) is 0. The quantitative estimate of drug-likeness (QED) is 0.819. The number of carboxylic acid groups (broad SMARTS) is 1. The van der Waals surface area contributed by atoms with E-state index >= 15 is 0 Å². The van der Waals surface area contributed by atoms with E-state index in [0.717, 1.165) is 10.1 Å². The molecule has 15 heavy (non-hydrogen) atoms. The van der Waals surface area contributed by atoms with E-state index < -0.39 is 11.8 Å². The third kappa shape index (κ3) is 1.61. The van der Waals surface area contributed by atoms with Crippen LogP contribution in [0.2, 0.25) is 0 Å². The smallest absolute Gasteiger partial charge is 0.338 e. The van der Waals surface area contributed by atoms with E-state index in [1.807, 2.05) is 5.38 Å². The third-order valence-corrected chi connectivity index (χ3v) is 3.94. The summed E-state index contributed by atoms with van der Waals surface area (Å²) in [6, 6.07) is 3.18. The third-order valence-electron chi connectivity index (χ3n) is 2.07. The molecular formula is C10H7FO2S2. The van der Waals surface area contributed by atoms with Crippen LogP contribution in [0.1, 0.15) is 10.4 Å². The number of benzene rings is 1. The molecule has 1 N–H and O–H groups in total. The van der Waals surface area contributed by atoms with E-state index in [-0.39, 0.29) is 5.56 Å². The predicted octanol–water partition coefficient (Wildman–Crippen LogP) is 3.46. The number of halogens is 1. The van der Waals surface area contributed by atoms with Gasteiger partial charge in [-0.15, -0.1) is 23.1 Å². The first-order chi connectivity index (χ1) is 7.15. The number of thioether (sulfide) groups is 1. The number of hydrogen-bond donors (Lipinski definition) is 1. The molecule has 0 radical (unpaired) electrons. The molecular weight excluding hydrogens is 235 g/mol. The van der Waals surface area contributed by atoms with Gasteiger partial charge >= 0.3 is 5.97 Å². The molecule has 0 amide bonds. The summed E-state index contributed by atoms with van der Waals surface area (Å²) in [6.45, 7) is 0. The molecule has 1 aromatic carbocycles. The Labute approximate surface area is 93.7 Å². The van der Waals surface area contributed by atoms with Crippen LogP contribution in [-0.2, 0) is 0 Å². The van der Waals surface area contributed by atoms with Gasteiger partial charge in [0.2, 0.25) is 0 Å². The summed E-state index contributed by atoms with van der Waals surface area (Å²) < 4.78 is 14.5. The largest absolute Gasteiger partial charge is 0.478 e. The summed E-state index contributed by atoms with van der Waals surface area (Å²) in [5, 5.41) is 11.4. The molecule has 2 aromatic rings. The van der Waals surface area contributed by atoms with Crippen LogP contribution in [0.3, 0.4) is 0 Å². The molecule has 0 saturated carbocycles. The highest BCUT2D eigenvalue weighted by Crippen LogP contribution is 2.35. The van der Waals surface area contributed by atoms with Gasteiger partial charge in [-0.2, -0.15) is 0 Å². The van der Waals surface area contributed by atoms with E-state index in [1.54, 1.807) is 12.3 Å². The second-order valence-electron chi connectivity index (χ2n) is 2.92. The zero-order valence-electron chi connectivity index (χ0n) is 7.78. The molecule has 2 rings (SSSR count). The van der Waals surface area contributed by atoms with E-state index in [4.69, 9.17) is 5.11 Å². The highest BCUT2D eigenvalue weighted by molar-refractivity contribution is 7.99. The Morgan fingerprint density at radius 2 is 2.33 bits per heavy atom. The van der Waals surface area contributed by atoms with Crippen LogP contribution in [0.5, 0.6) is 0 Å². The summed E-state index contributed by atoms with van der Waals surface area (Å²) in [5.74, 6) is -1.86. The Bertz CT molecular complexity index is 533. The molecule has 1 aromatic heterocycles. The second-order valence-corrected chi connectivity index (χ2v) is 4.65. The van der Waals surface area contributed by atoms with Gasteiger partial charge in [-0.3, -0.25) is 0 Å². The molecule has 0 spiro atoms. The summed E-state index contributed by atoms with van der Waals surface area (Å²) in [4.78, 5) is 11.2. The van der Waals surface area contributed by atoms with Gasteiger partial charge in [0.15, 0.2) is 5.82 Å². The van der Waals surface area contributed by atoms with Crippen LogP contribution in [0.4, 0.5) is 4.39 Å². The lowest BCUT2D eigenvalue weighted by Gasteiger charge is -2.04. The number of aromatic carboxylic acids is 1. The fourth-order valence-corrected chi connectivity index (χ4v) is 3.19. The zero-order valence-corrected chi connectivity index (χ0v) is 9.41. The summed E-state index contributed by atoms with van der Waals surface area (Å²) >= 11 is 2.65. The molecule has 2 nitrogen and oxygen atoms in total. The Morgan fingerprint density at radius 1 is 1.60 bits per heavy atom. The summed E-state index contributed by atoms with van der Waals surface area (Å²) in [5.41, 5.74) is -0.259. The van der Waals surface area contributed by atoms with E-state index in [9.17, 15) is 9.18 Å². The van der Waals surface area contributed by atoms with Crippen LogP contribution >= 0.6 is 23.1 Å². The first-order valence-electron chi connectivity index (χ1n) is 4.12. The van der Waals surface area contributed by atoms with Crippen molar-refractivity contribution in [3.63, 3.8) is 0 Å². The SMILES string of the molecule is CSc1c(F)c(C(=O)O)cc2ccsc12. The molecule has 0 aliphatic rings. The molecule has 0 unspecified atom stereocenters. The van der Waals surface area contributed by atoms with Crippen molar-refractivity contribution in [1.29, 1.82) is 0 Å². The number of rotatable bonds is 2. The second kappa shape index (κ2) is 3.83. The molecule has 0 aliphatic heterocycles. The zero-order chi connectivity index (χ0) is 11.0. The van der Waals surface area contributed by atoms with Crippen molar-refractivity contribution in [2.45, 2.75) is 4.90 Å². The minimum absolute atomic E-state index is 0.259. The number of carboxylic acids is 1. The lowest BCUT2D eigenvalue weighted by molar-refractivity contribution is 0.0691. The molecule has 0 atom stereocenters. The average Bonchev–Trinajstić information content (AvgIpc) is 2.64. The van der Waals surface area contributed by atoms with Gasteiger partial charge in [-0.05, 0) is 29.2 Å². The van der Waals surface area contributed by atoms with E-state index in [1.165, 1.54) is 29.2 Å². The van der Waals surface area contributed by atoms with Gasteiger partial charge < -0.3 is 5.11 Å². The van der Waals surface area contributed by atoms with Crippen molar-refractivity contribution in [2.24, 2.45) is 0 Å². The molecule has 0 saturated heterocycles. The summed E-state index contributed by atoms with van der Waals surface area (Å²) in [6.07, 6.45) is 1.74. The number of carbonyl (C=O) groups is 1. The molecule has 1 heterocycles. The van der Waals surface area contributed by atoms with Gasteiger partial charge in [0, 0.05) is 0 Å². The molecule has 0 fully saturated rings. The molecule has 78 valence electrons. The number of fused-ring (bicyclic) bond motifs is 1. The predicted molar refractivity (Wildman–Crippen MR) is 60.5 cm³/mol. The van der Waals surface area contributed by atoms with Crippen LogP contribution in [-0.4, -0.2) is 17.3 Å². The number of thiophene rings is 1. The standard InChI is InChI=1S/C10H7FO2S2/c1-14-9-7(11)6(10(12)13)4-5-2-3-15-8(5)9/h2-4H,1H3,(H,12,13). The Kier molecular flexibility index (Phi) is 2.67. The lowest BCUT2D eigenvalue weighted by Crippen LogP contribution is -2.01.